The topological polar surface area (TPSA) is 75.3 Å². The fourth-order valence-electron chi connectivity index (χ4n) is 3.09. The van der Waals surface area contributed by atoms with Gasteiger partial charge in [0.05, 0.1) is 46.1 Å². The highest BCUT2D eigenvalue weighted by Gasteiger charge is 2.22. The van der Waals surface area contributed by atoms with Gasteiger partial charge >= 0.3 is 0 Å². The number of ether oxygens (including phenoxy) is 5. The van der Waals surface area contributed by atoms with Crippen molar-refractivity contribution in [2.45, 2.75) is 39.7 Å². The Bertz CT molecular complexity index is 867. The summed E-state index contributed by atoms with van der Waals surface area (Å²) in [4.78, 5) is 13.0. The standard InChI is InChI=1S/C24H33NO6/c1-7-13-30-19-11-9-17(15-21(19)31-14-8-2)16(3)25-24(26)18-10-12-20(27-4)23(29-6)22(18)28-5/h9-12,15-16H,7-8,13-14H2,1-6H3,(H,25,26). The molecule has 7 heteroatoms. The minimum absolute atomic E-state index is 0.269. The minimum atomic E-state index is -0.285. The maximum Gasteiger partial charge on any atom is 0.255 e. The number of hydrogen-bond acceptors (Lipinski definition) is 6. The smallest absolute Gasteiger partial charge is 0.255 e. The van der Waals surface area contributed by atoms with Crippen LogP contribution in [0.15, 0.2) is 30.3 Å². The molecular formula is C24H33NO6. The highest BCUT2D eigenvalue weighted by atomic mass is 16.5. The number of hydrogen-bond donors (Lipinski definition) is 1. The molecule has 1 N–H and O–H groups in total. The molecule has 1 atom stereocenters. The van der Waals surface area contributed by atoms with Gasteiger partial charge < -0.3 is 29.0 Å². The number of methoxy groups -OCH3 is 3. The molecule has 0 aliphatic carbocycles. The van der Waals surface area contributed by atoms with Gasteiger partial charge in [-0.1, -0.05) is 19.9 Å². The van der Waals surface area contributed by atoms with Gasteiger partial charge in [0.25, 0.3) is 5.91 Å². The minimum Gasteiger partial charge on any atom is -0.493 e. The monoisotopic (exact) mass is 431 g/mol. The Morgan fingerprint density at radius 2 is 1.45 bits per heavy atom. The van der Waals surface area contributed by atoms with E-state index >= 15 is 0 Å². The molecule has 0 spiro atoms. The molecule has 2 rings (SSSR count). The lowest BCUT2D eigenvalue weighted by atomic mass is 10.1. The first kappa shape index (κ1) is 24.2. The van der Waals surface area contributed by atoms with E-state index in [1.807, 2.05) is 25.1 Å². The molecule has 31 heavy (non-hydrogen) atoms. The van der Waals surface area contributed by atoms with E-state index in [4.69, 9.17) is 23.7 Å². The largest absolute Gasteiger partial charge is 0.493 e. The van der Waals surface area contributed by atoms with Crippen LogP contribution in [-0.4, -0.2) is 40.5 Å². The molecule has 0 radical (unpaired) electrons. The molecule has 0 aliphatic heterocycles. The van der Waals surface area contributed by atoms with Gasteiger partial charge in [0.2, 0.25) is 5.75 Å². The first-order chi connectivity index (χ1) is 15.0. The molecule has 7 nitrogen and oxygen atoms in total. The van der Waals surface area contributed by atoms with Crippen LogP contribution in [0.4, 0.5) is 0 Å². The summed E-state index contributed by atoms with van der Waals surface area (Å²) in [6.45, 7) is 7.23. The highest BCUT2D eigenvalue weighted by Crippen LogP contribution is 2.40. The van der Waals surface area contributed by atoms with Crippen LogP contribution >= 0.6 is 0 Å². The predicted molar refractivity (Wildman–Crippen MR) is 120 cm³/mol. The van der Waals surface area contributed by atoms with Crippen LogP contribution in [0, 0.1) is 0 Å². The van der Waals surface area contributed by atoms with E-state index in [1.165, 1.54) is 21.3 Å². The van der Waals surface area contributed by atoms with Gasteiger partial charge in [-0.05, 0) is 49.6 Å². The molecule has 1 amide bonds. The molecular weight excluding hydrogens is 398 g/mol. The van der Waals surface area contributed by atoms with Gasteiger partial charge in [-0.15, -0.1) is 0 Å². The molecule has 2 aromatic carbocycles. The van der Waals surface area contributed by atoms with Gasteiger partial charge in [0, 0.05) is 0 Å². The molecule has 0 saturated carbocycles. The summed E-state index contributed by atoms with van der Waals surface area (Å²) in [7, 11) is 4.53. The summed E-state index contributed by atoms with van der Waals surface area (Å²) in [6, 6.07) is 8.79. The zero-order valence-corrected chi connectivity index (χ0v) is 19.2. The van der Waals surface area contributed by atoms with Crippen molar-refractivity contribution in [3.8, 4) is 28.7 Å². The van der Waals surface area contributed by atoms with E-state index in [9.17, 15) is 4.79 Å². The average Bonchev–Trinajstić information content (AvgIpc) is 2.80. The third kappa shape index (κ3) is 5.96. The summed E-state index contributed by atoms with van der Waals surface area (Å²) >= 11 is 0. The Labute approximate surface area is 184 Å². The number of benzene rings is 2. The van der Waals surface area contributed by atoms with Crippen molar-refractivity contribution < 1.29 is 28.5 Å². The molecule has 0 heterocycles. The molecule has 1 unspecified atom stereocenters. The lowest BCUT2D eigenvalue weighted by Gasteiger charge is -2.19. The normalized spacial score (nSPS) is 11.4. The van der Waals surface area contributed by atoms with Gasteiger partial charge in [-0.3, -0.25) is 4.79 Å². The fraction of sp³-hybridized carbons (Fsp3) is 0.458. The third-order valence-corrected chi connectivity index (χ3v) is 4.69. The Balaban J connectivity index is 2.26. The van der Waals surface area contributed by atoms with Crippen molar-refractivity contribution >= 4 is 5.91 Å². The van der Waals surface area contributed by atoms with E-state index < -0.39 is 0 Å². The van der Waals surface area contributed by atoms with Crippen molar-refractivity contribution in [3.05, 3.63) is 41.5 Å². The number of rotatable bonds is 12. The second-order valence-electron chi connectivity index (χ2n) is 6.98. The number of carbonyl (C=O) groups is 1. The van der Waals surface area contributed by atoms with Crippen molar-refractivity contribution in [2.75, 3.05) is 34.5 Å². The van der Waals surface area contributed by atoms with Crippen LogP contribution in [0.3, 0.4) is 0 Å². The van der Waals surface area contributed by atoms with Crippen LogP contribution in [-0.2, 0) is 0 Å². The highest BCUT2D eigenvalue weighted by molar-refractivity contribution is 5.98. The molecule has 0 saturated heterocycles. The SMILES string of the molecule is CCCOc1ccc(C(C)NC(=O)c2ccc(OC)c(OC)c2OC)cc1OCCC. The van der Waals surface area contributed by atoms with E-state index in [0.29, 0.717) is 47.5 Å². The van der Waals surface area contributed by atoms with Crippen LogP contribution in [0.1, 0.15) is 55.6 Å². The fourth-order valence-corrected chi connectivity index (χ4v) is 3.09. The summed E-state index contributed by atoms with van der Waals surface area (Å²) in [6.07, 6.45) is 1.80. The zero-order valence-electron chi connectivity index (χ0n) is 19.2. The third-order valence-electron chi connectivity index (χ3n) is 4.69. The second-order valence-corrected chi connectivity index (χ2v) is 6.98. The molecule has 0 bridgehead atoms. The van der Waals surface area contributed by atoms with Crippen molar-refractivity contribution in [3.63, 3.8) is 0 Å². The van der Waals surface area contributed by atoms with E-state index in [0.717, 1.165) is 18.4 Å². The van der Waals surface area contributed by atoms with Crippen LogP contribution < -0.4 is 29.0 Å². The van der Waals surface area contributed by atoms with Crippen molar-refractivity contribution in [1.29, 1.82) is 0 Å². The summed E-state index contributed by atoms with van der Waals surface area (Å²) in [5.41, 5.74) is 1.26. The maximum atomic E-state index is 13.0. The van der Waals surface area contributed by atoms with Gasteiger partial charge in [0.1, 0.15) is 0 Å². The lowest BCUT2D eigenvalue weighted by molar-refractivity contribution is 0.0936. The predicted octanol–water partition coefficient (Wildman–Crippen LogP) is 4.78. The van der Waals surface area contributed by atoms with Crippen molar-refractivity contribution in [2.24, 2.45) is 0 Å². The molecule has 0 aliphatic rings. The Morgan fingerprint density at radius 1 is 0.839 bits per heavy atom. The van der Waals surface area contributed by atoms with Crippen molar-refractivity contribution in [1.82, 2.24) is 5.32 Å². The van der Waals surface area contributed by atoms with E-state index in [-0.39, 0.29) is 11.9 Å². The van der Waals surface area contributed by atoms with Crippen LogP contribution in [0.2, 0.25) is 0 Å². The number of carbonyl (C=O) groups excluding carboxylic acids is 1. The Hall–Kier alpha value is -3.09. The molecule has 2 aromatic rings. The molecule has 0 aromatic heterocycles. The average molecular weight is 432 g/mol. The van der Waals surface area contributed by atoms with Gasteiger partial charge in [-0.25, -0.2) is 0 Å². The van der Waals surface area contributed by atoms with Crippen LogP contribution in [0.25, 0.3) is 0 Å². The van der Waals surface area contributed by atoms with Gasteiger partial charge in [-0.2, -0.15) is 0 Å². The number of nitrogens with one attached hydrogen (secondary N) is 1. The first-order valence-electron chi connectivity index (χ1n) is 10.5. The first-order valence-corrected chi connectivity index (χ1v) is 10.5. The summed E-state index contributed by atoms with van der Waals surface area (Å²) < 4.78 is 27.8. The Morgan fingerprint density at radius 3 is 2.03 bits per heavy atom. The van der Waals surface area contributed by atoms with Crippen LogP contribution in [0.5, 0.6) is 28.7 Å². The molecule has 170 valence electrons. The number of amides is 1. The quantitative estimate of drug-likeness (QED) is 0.521. The summed E-state index contributed by atoms with van der Waals surface area (Å²) in [5.74, 6) is 2.29. The zero-order chi connectivity index (χ0) is 22.8. The molecule has 0 fully saturated rings. The summed E-state index contributed by atoms with van der Waals surface area (Å²) in [5, 5.41) is 3.01. The van der Waals surface area contributed by atoms with Gasteiger partial charge in [0.15, 0.2) is 23.0 Å². The second kappa shape index (κ2) is 11.9. The lowest BCUT2D eigenvalue weighted by Crippen LogP contribution is -2.27. The maximum absolute atomic E-state index is 13.0. The van der Waals surface area contributed by atoms with E-state index in [2.05, 4.69) is 19.2 Å². The van der Waals surface area contributed by atoms with E-state index in [1.54, 1.807) is 12.1 Å². The Kier molecular flexibility index (Phi) is 9.31.